The van der Waals surface area contributed by atoms with E-state index in [0.29, 0.717) is 19.0 Å². The van der Waals surface area contributed by atoms with Gasteiger partial charge in [-0.3, -0.25) is 4.79 Å². The van der Waals surface area contributed by atoms with Crippen molar-refractivity contribution in [1.29, 1.82) is 0 Å². The molecule has 0 aliphatic carbocycles. The van der Waals surface area contributed by atoms with Crippen molar-refractivity contribution in [3.8, 4) is 0 Å². The number of anilines is 1. The van der Waals surface area contributed by atoms with Gasteiger partial charge in [-0.2, -0.15) is 0 Å². The maximum atomic E-state index is 12.1. The van der Waals surface area contributed by atoms with Crippen LogP contribution in [0, 0.1) is 5.92 Å². The number of thiophene rings is 1. The number of aliphatic imine (C=N–C) groups is 1. The lowest BCUT2D eigenvalue weighted by Crippen LogP contribution is -2.44. The summed E-state index contributed by atoms with van der Waals surface area (Å²) in [5.74, 6) is 0.648. The SMILES string of the molecule is CCNC(=NCc1cccc(NC(=O)C(C)CC)c1)NCC(C)(O)c1cccs1.I. The van der Waals surface area contributed by atoms with Gasteiger partial charge in [-0.05, 0) is 49.4 Å². The first kappa shape index (κ1) is 26.4. The molecule has 1 amide bonds. The Balaban J connectivity index is 0.00000450. The molecule has 0 fully saturated rings. The van der Waals surface area contributed by atoms with Crippen LogP contribution in [0.1, 0.15) is 44.6 Å². The molecule has 2 aromatic rings. The Morgan fingerprint density at radius 2 is 2.00 bits per heavy atom. The van der Waals surface area contributed by atoms with Crippen molar-refractivity contribution in [3.05, 3.63) is 52.2 Å². The molecule has 2 rings (SSSR count). The van der Waals surface area contributed by atoms with Gasteiger partial charge in [0.25, 0.3) is 0 Å². The molecular weight excluding hydrogens is 511 g/mol. The van der Waals surface area contributed by atoms with Crippen LogP contribution in [-0.4, -0.2) is 30.1 Å². The average molecular weight is 545 g/mol. The molecule has 30 heavy (non-hydrogen) atoms. The Morgan fingerprint density at radius 3 is 2.63 bits per heavy atom. The minimum atomic E-state index is -0.968. The van der Waals surface area contributed by atoms with E-state index in [4.69, 9.17) is 0 Å². The second kappa shape index (κ2) is 12.9. The van der Waals surface area contributed by atoms with Crippen LogP contribution in [0.15, 0.2) is 46.8 Å². The highest BCUT2D eigenvalue weighted by molar-refractivity contribution is 14.0. The summed E-state index contributed by atoms with van der Waals surface area (Å²) in [5.41, 5.74) is 0.806. The summed E-state index contributed by atoms with van der Waals surface area (Å²) < 4.78 is 0. The number of nitrogens with zero attached hydrogens (tertiary/aromatic N) is 1. The number of carbonyl (C=O) groups is 1. The zero-order chi connectivity index (χ0) is 21.3. The van der Waals surface area contributed by atoms with Gasteiger partial charge in [-0.15, -0.1) is 35.3 Å². The third-order valence-electron chi connectivity index (χ3n) is 4.67. The molecule has 0 aliphatic heterocycles. The van der Waals surface area contributed by atoms with Crippen LogP contribution in [0.25, 0.3) is 0 Å². The number of nitrogens with one attached hydrogen (secondary N) is 3. The van der Waals surface area contributed by atoms with Crippen LogP contribution in [0.2, 0.25) is 0 Å². The normalized spacial score (nSPS) is 14.2. The first-order chi connectivity index (χ1) is 13.9. The first-order valence-corrected chi connectivity index (χ1v) is 10.9. The monoisotopic (exact) mass is 544 g/mol. The number of rotatable bonds is 9. The summed E-state index contributed by atoms with van der Waals surface area (Å²) in [5, 5.41) is 22.0. The molecule has 1 heterocycles. The van der Waals surface area contributed by atoms with Crippen molar-refractivity contribution in [2.24, 2.45) is 10.9 Å². The predicted molar refractivity (Wildman–Crippen MR) is 137 cm³/mol. The van der Waals surface area contributed by atoms with E-state index in [1.165, 1.54) is 11.3 Å². The highest BCUT2D eigenvalue weighted by atomic mass is 127. The molecule has 0 saturated carbocycles. The second-order valence-corrected chi connectivity index (χ2v) is 8.25. The van der Waals surface area contributed by atoms with Crippen LogP contribution in [0.5, 0.6) is 0 Å². The maximum Gasteiger partial charge on any atom is 0.227 e. The van der Waals surface area contributed by atoms with Crippen molar-refractivity contribution >= 4 is 52.9 Å². The third kappa shape index (κ3) is 8.23. The fraction of sp³-hybridized carbons (Fsp3) is 0.455. The summed E-state index contributed by atoms with van der Waals surface area (Å²) in [4.78, 5) is 17.6. The van der Waals surface area contributed by atoms with E-state index in [1.807, 2.05) is 62.5 Å². The molecule has 2 unspecified atom stereocenters. The standard InChI is InChI=1S/C22H32N4O2S.HI/c1-5-16(3)20(27)26-18-10-7-9-17(13-18)14-24-21(23-6-2)25-15-22(4,28)19-11-8-12-29-19;/h7-13,16,28H,5-6,14-15H2,1-4H3,(H,26,27)(H2,23,24,25);1H. The molecule has 1 aromatic heterocycles. The van der Waals surface area contributed by atoms with E-state index in [0.717, 1.165) is 29.1 Å². The number of aliphatic hydroxyl groups is 1. The fourth-order valence-electron chi connectivity index (χ4n) is 2.64. The van der Waals surface area contributed by atoms with Crippen molar-refractivity contribution in [3.63, 3.8) is 0 Å². The van der Waals surface area contributed by atoms with Gasteiger partial charge >= 0.3 is 0 Å². The number of benzene rings is 1. The van der Waals surface area contributed by atoms with E-state index in [1.54, 1.807) is 6.92 Å². The van der Waals surface area contributed by atoms with E-state index in [-0.39, 0.29) is 35.8 Å². The third-order valence-corrected chi connectivity index (χ3v) is 5.79. The average Bonchev–Trinajstić information content (AvgIpc) is 3.25. The lowest BCUT2D eigenvalue weighted by Gasteiger charge is -2.23. The minimum Gasteiger partial charge on any atom is -0.383 e. The van der Waals surface area contributed by atoms with Crippen molar-refractivity contribution < 1.29 is 9.90 Å². The highest BCUT2D eigenvalue weighted by Gasteiger charge is 2.24. The molecule has 166 valence electrons. The van der Waals surface area contributed by atoms with Crippen LogP contribution in [-0.2, 0) is 16.9 Å². The molecule has 0 aliphatic rings. The Kier molecular flexibility index (Phi) is 11.4. The van der Waals surface area contributed by atoms with Gasteiger partial charge in [0, 0.05) is 23.0 Å². The van der Waals surface area contributed by atoms with Crippen molar-refractivity contribution in [1.82, 2.24) is 10.6 Å². The number of guanidine groups is 1. The molecule has 0 spiro atoms. The minimum absolute atomic E-state index is 0. The first-order valence-electron chi connectivity index (χ1n) is 10.0. The van der Waals surface area contributed by atoms with E-state index < -0.39 is 5.60 Å². The topological polar surface area (TPSA) is 85.8 Å². The molecule has 4 N–H and O–H groups in total. The smallest absolute Gasteiger partial charge is 0.227 e. The maximum absolute atomic E-state index is 12.1. The van der Waals surface area contributed by atoms with E-state index in [2.05, 4.69) is 20.9 Å². The highest BCUT2D eigenvalue weighted by Crippen LogP contribution is 2.24. The number of hydrogen-bond donors (Lipinski definition) is 4. The Bertz CT molecular complexity index is 809. The van der Waals surface area contributed by atoms with Crippen molar-refractivity contribution in [2.45, 2.75) is 46.3 Å². The second-order valence-electron chi connectivity index (χ2n) is 7.30. The largest absolute Gasteiger partial charge is 0.383 e. The van der Waals surface area contributed by atoms with Crippen LogP contribution < -0.4 is 16.0 Å². The Morgan fingerprint density at radius 1 is 1.23 bits per heavy atom. The van der Waals surface area contributed by atoms with Gasteiger partial charge < -0.3 is 21.1 Å². The summed E-state index contributed by atoms with van der Waals surface area (Å²) in [6, 6.07) is 11.6. The summed E-state index contributed by atoms with van der Waals surface area (Å²) in [6.45, 7) is 9.24. The van der Waals surface area contributed by atoms with Crippen LogP contribution in [0.3, 0.4) is 0 Å². The fourth-order valence-corrected chi connectivity index (χ4v) is 3.43. The molecule has 0 radical (unpaired) electrons. The van der Waals surface area contributed by atoms with E-state index >= 15 is 0 Å². The van der Waals surface area contributed by atoms with Crippen molar-refractivity contribution in [2.75, 3.05) is 18.4 Å². The zero-order valence-corrected chi connectivity index (χ0v) is 21.2. The van der Waals surface area contributed by atoms with Gasteiger partial charge in [0.2, 0.25) is 5.91 Å². The lowest BCUT2D eigenvalue weighted by molar-refractivity contribution is -0.119. The molecular formula is C22H33IN4O2S. The van der Waals surface area contributed by atoms with Gasteiger partial charge in [0.1, 0.15) is 5.60 Å². The van der Waals surface area contributed by atoms with Gasteiger partial charge in [0.05, 0.1) is 13.1 Å². The van der Waals surface area contributed by atoms with E-state index in [9.17, 15) is 9.90 Å². The number of halogens is 1. The van der Waals surface area contributed by atoms with Gasteiger partial charge in [0.15, 0.2) is 5.96 Å². The van der Waals surface area contributed by atoms with Gasteiger partial charge in [-0.25, -0.2) is 4.99 Å². The molecule has 6 nitrogen and oxygen atoms in total. The summed E-state index contributed by atoms with van der Waals surface area (Å²) >= 11 is 1.53. The summed E-state index contributed by atoms with van der Waals surface area (Å²) in [6.07, 6.45) is 0.808. The van der Waals surface area contributed by atoms with Crippen LogP contribution in [0.4, 0.5) is 5.69 Å². The number of amides is 1. The summed E-state index contributed by atoms with van der Waals surface area (Å²) in [7, 11) is 0. The molecule has 0 saturated heterocycles. The molecule has 2 atom stereocenters. The Labute approximate surface area is 200 Å². The lowest BCUT2D eigenvalue weighted by atomic mass is 10.1. The van der Waals surface area contributed by atoms with Crippen LogP contribution >= 0.6 is 35.3 Å². The molecule has 1 aromatic carbocycles. The number of hydrogen-bond acceptors (Lipinski definition) is 4. The quantitative estimate of drug-likeness (QED) is 0.215. The predicted octanol–water partition coefficient (Wildman–Crippen LogP) is 4.31. The molecule has 8 heteroatoms. The Hall–Kier alpha value is -1.65. The number of carbonyl (C=O) groups excluding carboxylic acids is 1. The molecule has 0 bridgehead atoms. The zero-order valence-electron chi connectivity index (χ0n) is 18.1. The van der Waals surface area contributed by atoms with Gasteiger partial charge in [-0.1, -0.05) is 32.0 Å².